The van der Waals surface area contributed by atoms with Crippen LogP contribution >= 0.6 is 0 Å². The van der Waals surface area contributed by atoms with Gasteiger partial charge < -0.3 is 15.4 Å². The van der Waals surface area contributed by atoms with Crippen molar-refractivity contribution >= 4 is 0 Å². The van der Waals surface area contributed by atoms with Gasteiger partial charge in [-0.25, -0.2) is 4.98 Å². The molecule has 3 N–H and O–H groups in total. The number of imidazole rings is 1. The number of hydrogen-bond donors (Lipinski definition) is 2. The Labute approximate surface area is 78.4 Å². The van der Waals surface area contributed by atoms with Gasteiger partial charge in [0.25, 0.3) is 0 Å². The van der Waals surface area contributed by atoms with Gasteiger partial charge in [0.15, 0.2) is 0 Å². The van der Waals surface area contributed by atoms with E-state index >= 15 is 0 Å². The standard InChI is InChI=1S/C9H17N3O/c1-6(2)9-8(7(10)4-13)11-5-12(9)3/h5-7,13H,4,10H2,1-3H3. The molecule has 1 aromatic rings. The molecule has 1 unspecified atom stereocenters. The van der Waals surface area contributed by atoms with Gasteiger partial charge in [0.1, 0.15) is 0 Å². The summed E-state index contributed by atoms with van der Waals surface area (Å²) in [6.45, 7) is 4.12. The zero-order chi connectivity index (χ0) is 10.0. The molecular weight excluding hydrogens is 166 g/mol. The average Bonchev–Trinajstić information content (AvgIpc) is 2.45. The highest BCUT2D eigenvalue weighted by atomic mass is 16.3. The minimum absolute atomic E-state index is 0.0588. The highest BCUT2D eigenvalue weighted by Gasteiger charge is 2.17. The molecule has 0 saturated heterocycles. The Balaban J connectivity index is 3.07. The lowest BCUT2D eigenvalue weighted by Gasteiger charge is -2.12. The van der Waals surface area contributed by atoms with Gasteiger partial charge in [0.05, 0.1) is 24.7 Å². The molecule has 13 heavy (non-hydrogen) atoms. The second-order valence-corrected chi connectivity index (χ2v) is 3.57. The van der Waals surface area contributed by atoms with Gasteiger partial charge in [-0.15, -0.1) is 0 Å². The summed E-state index contributed by atoms with van der Waals surface area (Å²) >= 11 is 0. The van der Waals surface area contributed by atoms with Crippen LogP contribution in [0.15, 0.2) is 6.33 Å². The Hall–Kier alpha value is -0.870. The molecule has 0 amide bonds. The van der Waals surface area contributed by atoms with E-state index in [2.05, 4.69) is 18.8 Å². The van der Waals surface area contributed by atoms with Crippen molar-refractivity contribution in [1.82, 2.24) is 9.55 Å². The molecule has 0 aliphatic carbocycles. The minimum atomic E-state index is -0.362. The fraction of sp³-hybridized carbons (Fsp3) is 0.667. The van der Waals surface area contributed by atoms with Gasteiger partial charge in [-0.3, -0.25) is 0 Å². The van der Waals surface area contributed by atoms with E-state index in [1.807, 2.05) is 11.6 Å². The van der Waals surface area contributed by atoms with Crippen LogP contribution in [-0.4, -0.2) is 21.3 Å². The Morgan fingerprint density at radius 1 is 1.62 bits per heavy atom. The fourth-order valence-electron chi connectivity index (χ4n) is 1.53. The highest BCUT2D eigenvalue weighted by molar-refractivity contribution is 5.20. The van der Waals surface area contributed by atoms with E-state index in [9.17, 15) is 0 Å². The van der Waals surface area contributed by atoms with Crippen LogP contribution < -0.4 is 5.73 Å². The SMILES string of the molecule is CC(C)c1c(C(N)CO)ncn1C. The molecule has 1 aromatic heterocycles. The first-order valence-electron chi connectivity index (χ1n) is 4.45. The number of aliphatic hydroxyl groups is 1. The van der Waals surface area contributed by atoms with E-state index in [1.165, 1.54) is 0 Å². The first-order valence-corrected chi connectivity index (χ1v) is 4.45. The van der Waals surface area contributed by atoms with Gasteiger partial charge in [-0.2, -0.15) is 0 Å². The number of aromatic nitrogens is 2. The van der Waals surface area contributed by atoms with Gasteiger partial charge in [-0.05, 0) is 5.92 Å². The summed E-state index contributed by atoms with van der Waals surface area (Å²) in [4.78, 5) is 4.19. The summed E-state index contributed by atoms with van der Waals surface area (Å²) in [5.74, 6) is 0.375. The normalized spacial score (nSPS) is 13.7. The maximum absolute atomic E-state index is 8.93. The number of nitrogens with zero attached hydrogens (tertiary/aromatic N) is 2. The van der Waals surface area contributed by atoms with E-state index in [4.69, 9.17) is 10.8 Å². The van der Waals surface area contributed by atoms with E-state index < -0.39 is 0 Å². The van der Waals surface area contributed by atoms with Crippen molar-refractivity contribution in [3.8, 4) is 0 Å². The molecule has 0 saturated carbocycles. The lowest BCUT2D eigenvalue weighted by Crippen LogP contribution is -2.17. The van der Waals surface area contributed by atoms with Crippen LogP contribution in [0.25, 0.3) is 0 Å². The Kier molecular flexibility index (Phi) is 3.06. The summed E-state index contributed by atoms with van der Waals surface area (Å²) in [6, 6.07) is -0.362. The number of nitrogens with two attached hydrogens (primary N) is 1. The largest absolute Gasteiger partial charge is 0.394 e. The summed E-state index contributed by atoms with van der Waals surface area (Å²) in [5, 5.41) is 8.93. The fourth-order valence-corrected chi connectivity index (χ4v) is 1.53. The molecule has 0 bridgehead atoms. The Morgan fingerprint density at radius 2 is 2.23 bits per heavy atom. The molecule has 4 heteroatoms. The molecular formula is C9H17N3O. The van der Waals surface area contributed by atoms with Gasteiger partial charge in [0, 0.05) is 12.7 Å². The molecule has 0 aromatic carbocycles. The van der Waals surface area contributed by atoms with Gasteiger partial charge in [-0.1, -0.05) is 13.8 Å². The van der Waals surface area contributed by atoms with E-state index in [0.717, 1.165) is 11.4 Å². The van der Waals surface area contributed by atoms with Crippen molar-refractivity contribution in [1.29, 1.82) is 0 Å². The van der Waals surface area contributed by atoms with Crippen LogP contribution in [0, 0.1) is 0 Å². The summed E-state index contributed by atoms with van der Waals surface area (Å²) in [5.41, 5.74) is 7.62. The van der Waals surface area contributed by atoms with Crippen LogP contribution in [0.1, 0.15) is 37.2 Å². The maximum Gasteiger partial charge on any atom is 0.0949 e. The first-order chi connectivity index (χ1) is 6.07. The molecule has 0 fully saturated rings. The van der Waals surface area contributed by atoms with Crippen molar-refractivity contribution in [2.75, 3.05) is 6.61 Å². The van der Waals surface area contributed by atoms with Crippen LogP contribution in [-0.2, 0) is 7.05 Å². The predicted octanol–water partition coefficient (Wildman–Crippen LogP) is 0.536. The number of aliphatic hydroxyl groups excluding tert-OH is 1. The molecule has 74 valence electrons. The molecule has 1 atom stereocenters. The predicted molar refractivity (Wildman–Crippen MR) is 51.3 cm³/mol. The zero-order valence-electron chi connectivity index (χ0n) is 8.36. The van der Waals surface area contributed by atoms with Crippen LogP contribution in [0.3, 0.4) is 0 Å². The lowest BCUT2D eigenvalue weighted by molar-refractivity contribution is 0.265. The summed E-state index contributed by atoms with van der Waals surface area (Å²) in [6.07, 6.45) is 1.74. The van der Waals surface area contributed by atoms with Crippen molar-refractivity contribution in [3.05, 3.63) is 17.7 Å². The monoisotopic (exact) mass is 183 g/mol. The minimum Gasteiger partial charge on any atom is -0.394 e. The lowest BCUT2D eigenvalue weighted by atomic mass is 10.0. The van der Waals surface area contributed by atoms with E-state index in [1.54, 1.807) is 6.33 Å². The van der Waals surface area contributed by atoms with Crippen LogP contribution in [0.5, 0.6) is 0 Å². The summed E-state index contributed by atoms with van der Waals surface area (Å²) in [7, 11) is 1.94. The number of aryl methyl sites for hydroxylation is 1. The molecule has 0 aliphatic rings. The molecule has 0 radical (unpaired) electrons. The van der Waals surface area contributed by atoms with Crippen molar-refractivity contribution in [2.45, 2.75) is 25.8 Å². The molecule has 1 rings (SSSR count). The second-order valence-electron chi connectivity index (χ2n) is 3.57. The smallest absolute Gasteiger partial charge is 0.0949 e. The van der Waals surface area contributed by atoms with Crippen LogP contribution in [0.2, 0.25) is 0 Å². The second kappa shape index (κ2) is 3.89. The molecule has 0 spiro atoms. The third kappa shape index (κ3) is 1.89. The molecule has 4 nitrogen and oxygen atoms in total. The van der Waals surface area contributed by atoms with Gasteiger partial charge >= 0.3 is 0 Å². The van der Waals surface area contributed by atoms with Gasteiger partial charge in [0.2, 0.25) is 0 Å². The van der Waals surface area contributed by atoms with E-state index in [-0.39, 0.29) is 12.6 Å². The summed E-state index contributed by atoms with van der Waals surface area (Å²) < 4.78 is 1.95. The van der Waals surface area contributed by atoms with Crippen molar-refractivity contribution in [3.63, 3.8) is 0 Å². The third-order valence-corrected chi connectivity index (χ3v) is 2.11. The maximum atomic E-state index is 8.93. The number of hydrogen-bond acceptors (Lipinski definition) is 3. The zero-order valence-corrected chi connectivity index (χ0v) is 8.36. The van der Waals surface area contributed by atoms with Crippen molar-refractivity contribution < 1.29 is 5.11 Å². The quantitative estimate of drug-likeness (QED) is 0.718. The average molecular weight is 183 g/mol. The Bertz CT molecular complexity index is 280. The molecule has 0 aliphatic heterocycles. The topological polar surface area (TPSA) is 64.1 Å². The van der Waals surface area contributed by atoms with Crippen molar-refractivity contribution in [2.24, 2.45) is 12.8 Å². The Morgan fingerprint density at radius 3 is 2.69 bits per heavy atom. The third-order valence-electron chi connectivity index (χ3n) is 2.11. The van der Waals surface area contributed by atoms with E-state index in [0.29, 0.717) is 5.92 Å². The number of rotatable bonds is 3. The highest BCUT2D eigenvalue weighted by Crippen LogP contribution is 2.21. The molecule has 1 heterocycles. The first kappa shape index (κ1) is 10.2. The van der Waals surface area contributed by atoms with Crippen LogP contribution in [0.4, 0.5) is 0 Å².